The van der Waals surface area contributed by atoms with Gasteiger partial charge in [-0.3, -0.25) is 4.79 Å². The summed E-state index contributed by atoms with van der Waals surface area (Å²) in [5.74, 6) is 1.58. The van der Waals surface area contributed by atoms with E-state index >= 15 is 0 Å². The fourth-order valence-electron chi connectivity index (χ4n) is 1.90. The van der Waals surface area contributed by atoms with Gasteiger partial charge in [0, 0.05) is 13.1 Å². The summed E-state index contributed by atoms with van der Waals surface area (Å²) in [5, 5.41) is 0. The van der Waals surface area contributed by atoms with Crippen LogP contribution in [0.4, 0.5) is 0 Å². The largest absolute Gasteiger partial charge is 0.467 e. The highest BCUT2D eigenvalue weighted by molar-refractivity contribution is 5.94. The first-order valence-corrected chi connectivity index (χ1v) is 6.50. The zero-order valence-electron chi connectivity index (χ0n) is 12.2. The first-order chi connectivity index (χ1) is 8.43. The average Bonchev–Trinajstić information content (AvgIpc) is 2.74. The van der Waals surface area contributed by atoms with Crippen LogP contribution in [-0.4, -0.2) is 23.9 Å². The Balaban J connectivity index is 0.00000324. The Kier molecular flexibility index (Phi) is 7.79. The summed E-state index contributed by atoms with van der Waals surface area (Å²) in [6.45, 7) is 10.3. The monoisotopic (exact) mass is 288 g/mol. The minimum Gasteiger partial charge on any atom is -0.467 e. The topological polar surface area (TPSA) is 59.5 Å². The Hall–Kier alpha value is -1.00. The number of rotatable bonds is 6. The number of hydrogen-bond acceptors (Lipinski definition) is 3. The molecule has 0 bridgehead atoms. The molecule has 0 radical (unpaired) electrons. The van der Waals surface area contributed by atoms with Gasteiger partial charge in [-0.05, 0) is 17.9 Å². The molecule has 110 valence electrons. The maximum Gasteiger partial charge on any atom is 0.257 e. The molecule has 0 aliphatic heterocycles. The zero-order valence-corrected chi connectivity index (χ0v) is 13.0. The number of carbonyl (C=O) groups is 1. The summed E-state index contributed by atoms with van der Waals surface area (Å²) in [6.07, 6.45) is 1.50. The SMILES string of the molecule is CC(C)CN(CC(C)C)C(=O)c1coc(CN)c1.Cl. The maximum absolute atomic E-state index is 12.4. The minimum absolute atomic E-state index is 0. The van der Waals surface area contributed by atoms with Crippen LogP contribution in [0.15, 0.2) is 16.7 Å². The van der Waals surface area contributed by atoms with E-state index in [-0.39, 0.29) is 18.3 Å². The average molecular weight is 289 g/mol. The van der Waals surface area contributed by atoms with E-state index in [0.29, 0.717) is 29.7 Å². The maximum atomic E-state index is 12.4. The number of furan rings is 1. The molecule has 0 aliphatic rings. The van der Waals surface area contributed by atoms with Gasteiger partial charge in [0.1, 0.15) is 12.0 Å². The normalized spacial score (nSPS) is 10.7. The van der Waals surface area contributed by atoms with Gasteiger partial charge >= 0.3 is 0 Å². The molecule has 0 saturated carbocycles. The lowest BCUT2D eigenvalue weighted by Gasteiger charge is -2.25. The minimum atomic E-state index is 0. The first kappa shape index (κ1) is 18.0. The highest BCUT2D eigenvalue weighted by atomic mass is 35.5. The number of amides is 1. The summed E-state index contributed by atoms with van der Waals surface area (Å²) >= 11 is 0. The van der Waals surface area contributed by atoms with Crippen molar-refractivity contribution in [1.82, 2.24) is 4.90 Å². The third kappa shape index (κ3) is 5.66. The number of hydrogen-bond donors (Lipinski definition) is 1. The van der Waals surface area contributed by atoms with Crippen molar-refractivity contribution in [2.75, 3.05) is 13.1 Å². The van der Waals surface area contributed by atoms with Crippen LogP contribution in [0.5, 0.6) is 0 Å². The number of halogens is 1. The molecule has 0 aromatic carbocycles. The van der Waals surface area contributed by atoms with Crippen LogP contribution in [0.1, 0.15) is 43.8 Å². The predicted octanol–water partition coefficient (Wildman–Crippen LogP) is 2.91. The van der Waals surface area contributed by atoms with E-state index in [9.17, 15) is 4.79 Å². The number of nitrogens with zero attached hydrogens (tertiary/aromatic N) is 1. The summed E-state index contributed by atoms with van der Waals surface area (Å²) in [4.78, 5) is 14.3. The third-order valence-electron chi connectivity index (χ3n) is 2.56. The van der Waals surface area contributed by atoms with Crippen LogP contribution < -0.4 is 5.73 Å². The molecule has 0 aliphatic carbocycles. The van der Waals surface area contributed by atoms with Gasteiger partial charge in [-0.15, -0.1) is 12.4 Å². The number of carbonyl (C=O) groups excluding carboxylic acids is 1. The van der Waals surface area contributed by atoms with Gasteiger partial charge < -0.3 is 15.1 Å². The highest BCUT2D eigenvalue weighted by Crippen LogP contribution is 2.13. The lowest BCUT2D eigenvalue weighted by Crippen LogP contribution is -2.36. The molecule has 2 N–H and O–H groups in total. The van der Waals surface area contributed by atoms with E-state index < -0.39 is 0 Å². The molecule has 0 fully saturated rings. The summed E-state index contributed by atoms with van der Waals surface area (Å²) in [6, 6.07) is 1.73. The van der Waals surface area contributed by atoms with Crippen molar-refractivity contribution in [2.45, 2.75) is 34.2 Å². The molecule has 1 aromatic heterocycles. The standard InChI is InChI=1S/C14H24N2O2.ClH/c1-10(2)7-16(8-11(3)4)14(17)12-5-13(6-15)18-9-12;/h5,9-11H,6-8,15H2,1-4H3;1H. The zero-order chi connectivity index (χ0) is 13.7. The molecule has 0 saturated heterocycles. The fourth-order valence-corrected chi connectivity index (χ4v) is 1.90. The van der Waals surface area contributed by atoms with Crippen LogP contribution in [0, 0.1) is 11.8 Å². The molecule has 5 heteroatoms. The Morgan fingerprint density at radius 3 is 2.16 bits per heavy atom. The third-order valence-corrected chi connectivity index (χ3v) is 2.56. The van der Waals surface area contributed by atoms with Gasteiger partial charge in [0.2, 0.25) is 0 Å². The van der Waals surface area contributed by atoms with Gasteiger partial charge in [0.25, 0.3) is 5.91 Å². The molecular weight excluding hydrogens is 264 g/mol. The molecule has 1 aromatic rings. The van der Waals surface area contributed by atoms with E-state index in [1.807, 2.05) is 4.90 Å². The van der Waals surface area contributed by atoms with Crippen molar-refractivity contribution in [3.05, 3.63) is 23.7 Å². The molecule has 0 unspecified atom stereocenters. The van der Waals surface area contributed by atoms with Crippen LogP contribution in [0.3, 0.4) is 0 Å². The Morgan fingerprint density at radius 2 is 1.79 bits per heavy atom. The second-order valence-corrected chi connectivity index (χ2v) is 5.50. The van der Waals surface area contributed by atoms with Gasteiger partial charge in [0.05, 0.1) is 12.1 Å². The number of nitrogens with two attached hydrogens (primary N) is 1. The second kappa shape index (κ2) is 8.23. The van der Waals surface area contributed by atoms with Gasteiger partial charge in [-0.1, -0.05) is 27.7 Å². The molecule has 1 heterocycles. The molecule has 0 atom stereocenters. The van der Waals surface area contributed by atoms with Crippen molar-refractivity contribution in [1.29, 1.82) is 0 Å². The quantitative estimate of drug-likeness (QED) is 0.875. The van der Waals surface area contributed by atoms with E-state index in [0.717, 1.165) is 13.1 Å². The summed E-state index contributed by atoms with van der Waals surface area (Å²) < 4.78 is 5.22. The molecule has 4 nitrogen and oxygen atoms in total. The molecule has 1 amide bonds. The first-order valence-electron chi connectivity index (χ1n) is 6.50. The fraction of sp³-hybridized carbons (Fsp3) is 0.643. The van der Waals surface area contributed by atoms with E-state index in [2.05, 4.69) is 27.7 Å². The van der Waals surface area contributed by atoms with E-state index in [1.54, 1.807) is 6.07 Å². The Labute approximate surface area is 121 Å². The smallest absolute Gasteiger partial charge is 0.257 e. The van der Waals surface area contributed by atoms with Crippen LogP contribution in [-0.2, 0) is 6.54 Å². The Bertz CT molecular complexity index is 379. The van der Waals surface area contributed by atoms with Gasteiger partial charge in [0.15, 0.2) is 0 Å². The van der Waals surface area contributed by atoms with Crippen molar-refractivity contribution in [2.24, 2.45) is 17.6 Å². The van der Waals surface area contributed by atoms with Crippen LogP contribution in [0.25, 0.3) is 0 Å². The van der Waals surface area contributed by atoms with E-state index in [1.165, 1.54) is 6.26 Å². The lowest BCUT2D eigenvalue weighted by molar-refractivity contribution is 0.0714. The molecule has 0 spiro atoms. The lowest BCUT2D eigenvalue weighted by atomic mass is 10.1. The van der Waals surface area contributed by atoms with Crippen molar-refractivity contribution in [3.63, 3.8) is 0 Å². The predicted molar refractivity (Wildman–Crippen MR) is 79.4 cm³/mol. The Morgan fingerprint density at radius 1 is 1.26 bits per heavy atom. The van der Waals surface area contributed by atoms with Crippen LogP contribution >= 0.6 is 12.4 Å². The van der Waals surface area contributed by atoms with Gasteiger partial charge in [-0.25, -0.2) is 0 Å². The molecule has 1 rings (SSSR count). The summed E-state index contributed by atoms with van der Waals surface area (Å²) in [7, 11) is 0. The van der Waals surface area contributed by atoms with Crippen molar-refractivity contribution >= 4 is 18.3 Å². The van der Waals surface area contributed by atoms with Gasteiger partial charge in [-0.2, -0.15) is 0 Å². The molecule has 19 heavy (non-hydrogen) atoms. The van der Waals surface area contributed by atoms with Crippen molar-refractivity contribution in [3.8, 4) is 0 Å². The van der Waals surface area contributed by atoms with E-state index in [4.69, 9.17) is 10.2 Å². The second-order valence-electron chi connectivity index (χ2n) is 5.50. The highest BCUT2D eigenvalue weighted by Gasteiger charge is 2.19. The molecular formula is C14H25ClN2O2. The summed E-state index contributed by atoms with van der Waals surface area (Å²) in [5.41, 5.74) is 6.08. The van der Waals surface area contributed by atoms with Crippen molar-refractivity contribution < 1.29 is 9.21 Å². The van der Waals surface area contributed by atoms with Crippen LogP contribution in [0.2, 0.25) is 0 Å².